The number of likely N-dealkylation sites (tertiary alicyclic amines) is 1. The third kappa shape index (κ3) is 7.03. The quantitative estimate of drug-likeness (QED) is 0.108. The SMILES string of the molecule is NC(Cc1ccc(O)cc1)C(=O)NC(Cc1c[nH]c2ccccc12)C(=O)NC(Cc1c[nH]c2ccccc12)C(=O)N1CCCC1C(=O)O. The average Bonchev–Trinajstić information content (AvgIpc) is 3.84. The summed E-state index contributed by atoms with van der Waals surface area (Å²) < 4.78 is 0. The number of carbonyl (C=O) groups excluding carboxylic acids is 3. The van der Waals surface area contributed by atoms with Gasteiger partial charge in [0, 0.05) is 53.6 Å². The summed E-state index contributed by atoms with van der Waals surface area (Å²) in [6.45, 7) is 0.262. The van der Waals surface area contributed by atoms with Gasteiger partial charge < -0.3 is 41.4 Å². The number of fused-ring (bicyclic) bond motifs is 2. The Labute approximate surface area is 276 Å². The van der Waals surface area contributed by atoms with E-state index in [9.17, 15) is 29.4 Å². The van der Waals surface area contributed by atoms with Crippen LogP contribution in [0.15, 0.2) is 85.2 Å². The lowest BCUT2D eigenvalue weighted by molar-refractivity contribution is -0.149. The number of carboxylic acid groups (broad SMARTS) is 1. The number of phenols is 1. The van der Waals surface area contributed by atoms with E-state index in [0.29, 0.717) is 12.8 Å². The van der Waals surface area contributed by atoms with E-state index in [1.807, 2.05) is 48.5 Å². The number of hydrogen-bond donors (Lipinski definition) is 7. The molecule has 0 bridgehead atoms. The molecule has 1 aliphatic heterocycles. The Bertz CT molecular complexity index is 1950. The van der Waals surface area contributed by atoms with Gasteiger partial charge in [-0.2, -0.15) is 0 Å². The smallest absolute Gasteiger partial charge is 0.326 e. The van der Waals surface area contributed by atoms with E-state index in [2.05, 4.69) is 20.6 Å². The fourth-order valence-corrected chi connectivity index (χ4v) is 6.47. The molecule has 12 heteroatoms. The summed E-state index contributed by atoms with van der Waals surface area (Å²) >= 11 is 0. The van der Waals surface area contributed by atoms with E-state index in [1.54, 1.807) is 24.5 Å². The standard InChI is InChI=1S/C36H38N6O6/c37-27(16-21-11-13-24(43)14-12-21)33(44)40-30(17-22-19-38-28-8-3-1-6-25(22)28)34(45)41-31(35(46)42-15-5-10-32(42)36(47)48)18-23-20-39-29-9-4-2-7-26(23)29/h1-4,6-9,11-14,19-20,27,30-32,38-39,43H,5,10,15-18,37H2,(H,40,44)(H,41,45)(H,47,48). The molecule has 3 aromatic carbocycles. The van der Waals surface area contributed by atoms with Crippen molar-refractivity contribution < 1.29 is 29.4 Å². The van der Waals surface area contributed by atoms with Crippen LogP contribution in [-0.4, -0.2) is 79.5 Å². The van der Waals surface area contributed by atoms with Crippen molar-refractivity contribution in [3.05, 3.63) is 102 Å². The molecule has 6 rings (SSSR count). The average molecular weight is 651 g/mol. The van der Waals surface area contributed by atoms with Crippen LogP contribution in [0.1, 0.15) is 29.5 Å². The highest BCUT2D eigenvalue weighted by atomic mass is 16.4. The van der Waals surface area contributed by atoms with Gasteiger partial charge in [-0.05, 0) is 60.2 Å². The maximum atomic E-state index is 14.2. The summed E-state index contributed by atoms with van der Waals surface area (Å²) in [5, 5.41) is 26.9. The topological polar surface area (TPSA) is 194 Å². The summed E-state index contributed by atoms with van der Waals surface area (Å²) in [6.07, 6.45) is 4.80. The number of aromatic hydroxyl groups is 1. The number of nitrogens with zero attached hydrogens (tertiary/aromatic N) is 1. The van der Waals surface area contributed by atoms with Crippen molar-refractivity contribution in [3.8, 4) is 5.75 Å². The highest BCUT2D eigenvalue weighted by Gasteiger charge is 2.39. The van der Waals surface area contributed by atoms with Crippen LogP contribution in [0.2, 0.25) is 0 Å². The summed E-state index contributed by atoms with van der Waals surface area (Å²) in [4.78, 5) is 61.4. The number of carbonyl (C=O) groups is 4. The predicted octanol–water partition coefficient (Wildman–Crippen LogP) is 2.76. The van der Waals surface area contributed by atoms with E-state index in [-0.39, 0.29) is 31.6 Å². The molecule has 8 N–H and O–H groups in total. The van der Waals surface area contributed by atoms with Crippen molar-refractivity contribution >= 4 is 45.5 Å². The highest BCUT2D eigenvalue weighted by molar-refractivity contribution is 5.96. The van der Waals surface area contributed by atoms with Crippen LogP contribution in [-0.2, 0) is 38.4 Å². The normalized spacial score (nSPS) is 16.4. The maximum absolute atomic E-state index is 14.2. The van der Waals surface area contributed by atoms with E-state index in [1.165, 1.54) is 17.0 Å². The molecule has 4 unspecified atom stereocenters. The number of carboxylic acids is 1. The Balaban J connectivity index is 1.28. The summed E-state index contributed by atoms with van der Waals surface area (Å²) in [6, 6.07) is 17.3. The van der Waals surface area contributed by atoms with Crippen molar-refractivity contribution in [2.24, 2.45) is 5.73 Å². The Morgan fingerprint density at radius 2 is 1.35 bits per heavy atom. The predicted molar refractivity (Wildman–Crippen MR) is 180 cm³/mol. The lowest BCUT2D eigenvalue weighted by Gasteiger charge is -2.29. The minimum atomic E-state index is -1.12. The summed E-state index contributed by atoms with van der Waals surface area (Å²) in [5.41, 5.74) is 10.3. The van der Waals surface area contributed by atoms with Gasteiger partial charge in [0.25, 0.3) is 0 Å². The lowest BCUT2D eigenvalue weighted by atomic mass is 10.00. The fourth-order valence-electron chi connectivity index (χ4n) is 6.47. The molecule has 0 aliphatic carbocycles. The van der Waals surface area contributed by atoms with Crippen molar-refractivity contribution in [2.45, 2.75) is 56.3 Å². The summed E-state index contributed by atoms with van der Waals surface area (Å²) in [5.74, 6) is -2.67. The zero-order valence-electron chi connectivity index (χ0n) is 26.2. The number of aromatic amines is 2. The van der Waals surface area contributed by atoms with E-state index in [0.717, 1.165) is 38.5 Å². The second-order valence-electron chi connectivity index (χ2n) is 12.3. The van der Waals surface area contributed by atoms with Crippen LogP contribution in [0.25, 0.3) is 21.8 Å². The Morgan fingerprint density at radius 3 is 1.96 bits per heavy atom. The van der Waals surface area contributed by atoms with Gasteiger partial charge in [0.15, 0.2) is 0 Å². The molecule has 2 aromatic heterocycles. The van der Waals surface area contributed by atoms with Crippen LogP contribution in [0, 0.1) is 0 Å². The van der Waals surface area contributed by atoms with Gasteiger partial charge in [0.1, 0.15) is 23.9 Å². The number of phenolic OH excluding ortho intramolecular Hbond substituents is 1. The first-order chi connectivity index (χ1) is 23.2. The van der Waals surface area contributed by atoms with Gasteiger partial charge in [-0.25, -0.2) is 4.79 Å². The van der Waals surface area contributed by atoms with E-state index in [4.69, 9.17) is 5.73 Å². The van der Waals surface area contributed by atoms with Crippen LogP contribution in [0.3, 0.4) is 0 Å². The first-order valence-corrected chi connectivity index (χ1v) is 16.0. The first-order valence-electron chi connectivity index (χ1n) is 16.0. The first kappa shape index (κ1) is 32.3. The van der Waals surface area contributed by atoms with Crippen molar-refractivity contribution in [3.63, 3.8) is 0 Å². The molecule has 48 heavy (non-hydrogen) atoms. The molecule has 248 valence electrons. The van der Waals surface area contributed by atoms with Crippen molar-refractivity contribution in [2.75, 3.05) is 6.54 Å². The Hall–Kier alpha value is -5.62. The molecule has 1 fully saturated rings. The number of H-pyrrole nitrogens is 2. The highest BCUT2D eigenvalue weighted by Crippen LogP contribution is 2.24. The lowest BCUT2D eigenvalue weighted by Crippen LogP contribution is -2.58. The number of amides is 3. The van der Waals surface area contributed by atoms with Crippen LogP contribution < -0.4 is 16.4 Å². The molecular formula is C36H38N6O6. The van der Waals surface area contributed by atoms with E-state index >= 15 is 0 Å². The third-order valence-electron chi connectivity index (χ3n) is 9.00. The fraction of sp³-hybridized carbons (Fsp3) is 0.278. The van der Waals surface area contributed by atoms with Crippen molar-refractivity contribution in [1.29, 1.82) is 0 Å². The molecule has 1 aliphatic rings. The van der Waals surface area contributed by atoms with Gasteiger partial charge >= 0.3 is 5.97 Å². The van der Waals surface area contributed by atoms with Crippen LogP contribution >= 0.6 is 0 Å². The number of aromatic nitrogens is 2. The Kier molecular flexibility index (Phi) is 9.44. The number of benzene rings is 3. The number of para-hydroxylation sites is 2. The molecule has 0 saturated carbocycles. The van der Waals surface area contributed by atoms with Gasteiger partial charge in [-0.15, -0.1) is 0 Å². The second kappa shape index (κ2) is 14.0. The zero-order chi connectivity index (χ0) is 33.8. The Morgan fingerprint density at radius 1 is 0.792 bits per heavy atom. The van der Waals surface area contributed by atoms with Gasteiger partial charge in [0.05, 0.1) is 6.04 Å². The van der Waals surface area contributed by atoms with Gasteiger partial charge in [0.2, 0.25) is 17.7 Å². The second-order valence-corrected chi connectivity index (χ2v) is 12.3. The molecule has 1 saturated heterocycles. The molecule has 4 atom stereocenters. The maximum Gasteiger partial charge on any atom is 0.326 e. The molecule has 0 radical (unpaired) electrons. The molecule has 0 spiro atoms. The largest absolute Gasteiger partial charge is 0.508 e. The number of hydrogen-bond acceptors (Lipinski definition) is 6. The number of aliphatic carboxylic acids is 1. The zero-order valence-corrected chi connectivity index (χ0v) is 26.2. The summed E-state index contributed by atoms with van der Waals surface area (Å²) in [7, 11) is 0. The van der Waals surface area contributed by atoms with Gasteiger partial charge in [-0.1, -0.05) is 48.5 Å². The van der Waals surface area contributed by atoms with E-state index < -0.39 is 47.9 Å². The van der Waals surface area contributed by atoms with Gasteiger partial charge in [-0.3, -0.25) is 14.4 Å². The number of nitrogens with two attached hydrogens (primary N) is 1. The van der Waals surface area contributed by atoms with Crippen molar-refractivity contribution in [1.82, 2.24) is 25.5 Å². The van der Waals surface area contributed by atoms with Crippen LogP contribution in [0.4, 0.5) is 0 Å². The monoisotopic (exact) mass is 650 g/mol. The molecular weight excluding hydrogens is 612 g/mol. The molecule has 3 heterocycles. The number of rotatable bonds is 12. The minimum Gasteiger partial charge on any atom is -0.508 e. The van der Waals surface area contributed by atoms with Crippen LogP contribution in [0.5, 0.6) is 5.75 Å². The number of nitrogens with one attached hydrogen (secondary N) is 4. The molecule has 12 nitrogen and oxygen atoms in total. The molecule has 3 amide bonds. The minimum absolute atomic E-state index is 0.0904. The molecule has 5 aromatic rings. The third-order valence-corrected chi connectivity index (χ3v) is 9.00.